The van der Waals surface area contributed by atoms with E-state index >= 15 is 0 Å². The number of fused-ring (bicyclic) bond motifs is 1. The van der Waals surface area contributed by atoms with Gasteiger partial charge in [-0.05, 0) is 58.2 Å². The zero-order valence-corrected chi connectivity index (χ0v) is 22.4. The van der Waals surface area contributed by atoms with Gasteiger partial charge in [0.25, 0.3) is 15.9 Å². The number of hydrogen-bond acceptors (Lipinski definition) is 5. The SMILES string of the molecule is CC[C@H](C(=O)NC(C)(C)C)N(Cc1cccc(C)c1)C(=O)CCCN1C(=O)c2ccccc2S1(=O)=O. The molecule has 3 rings (SSSR count). The molecule has 194 valence electrons. The van der Waals surface area contributed by atoms with Gasteiger partial charge in [-0.15, -0.1) is 0 Å². The molecule has 1 aliphatic rings. The van der Waals surface area contributed by atoms with E-state index in [1.165, 1.54) is 12.1 Å². The van der Waals surface area contributed by atoms with Crippen molar-refractivity contribution >= 4 is 27.7 Å². The molecule has 2 aromatic carbocycles. The monoisotopic (exact) mass is 513 g/mol. The van der Waals surface area contributed by atoms with Crippen molar-refractivity contribution in [2.75, 3.05) is 6.54 Å². The molecule has 0 saturated carbocycles. The average Bonchev–Trinajstić information content (AvgIpc) is 2.98. The van der Waals surface area contributed by atoms with Crippen LogP contribution in [-0.2, 0) is 26.2 Å². The van der Waals surface area contributed by atoms with Gasteiger partial charge >= 0.3 is 0 Å². The van der Waals surface area contributed by atoms with Crippen molar-refractivity contribution in [3.8, 4) is 0 Å². The summed E-state index contributed by atoms with van der Waals surface area (Å²) in [5, 5.41) is 2.97. The molecule has 0 unspecified atom stereocenters. The van der Waals surface area contributed by atoms with E-state index in [0.29, 0.717) is 6.42 Å². The number of carbonyl (C=O) groups is 3. The van der Waals surface area contributed by atoms with Crippen LogP contribution in [-0.4, -0.2) is 53.5 Å². The lowest BCUT2D eigenvalue weighted by Crippen LogP contribution is -2.53. The highest BCUT2D eigenvalue weighted by molar-refractivity contribution is 7.90. The Labute approximate surface area is 213 Å². The highest BCUT2D eigenvalue weighted by atomic mass is 32.2. The lowest BCUT2D eigenvalue weighted by molar-refractivity contribution is -0.142. The first kappa shape index (κ1) is 27.4. The van der Waals surface area contributed by atoms with Crippen LogP contribution in [0.4, 0.5) is 0 Å². The molecule has 3 amide bonds. The highest BCUT2D eigenvalue weighted by Crippen LogP contribution is 2.30. The van der Waals surface area contributed by atoms with Gasteiger partial charge in [0, 0.05) is 25.0 Å². The number of hydrogen-bond donors (Lipinski definition) is 1. The maximum Gasteiger partial charge on any atom is 0.269 e. The first-order valence-electron chi connectivity index (χ1n) is 12.2. The van der Waals surface area contributed by atoms with Crippen molar-refractivity contribution < 1.29 is 22.8 Å². The number of benzene rings is 2. The van der Waals surface area contributed by atoms with E-state index in [9.17, 15) is 22.8 Å². The van der Waals surface area contributed by atoms with Crippen molar-refractivity contribution in [1.29, 1.82) is 0 Å². The van der Waals surface area contributed by atoms with Crippen LogP contribution in [0.1, 0.15) is 68.4 Å². The Morgan fingerprint density at radius 3 is 2.39 bits per heavy atom. The molecule has 1 N–H and O–H groups in total. The number of sulfonamides is 1. The molecule has 0 bridgehead atoms. The van der Waals surface area contributed by atoms with E-state index in [1.54, 1.807) is 17.0 Å². The molecule has 0 fully saturated rings. The summed E-state index contributed by atoms with van der Waals surface area (Å²) in [5.74, 6) is -1.08. The molecular weight excluding hydrogens is 478 g/mol. The Morgan fingerprint density at radius 1 is 1.08 bits per heavy atom. The Hall–Kier alpha value is -3.20. The van der Waals surface area contributed by atoms with Crippen molar-refractivity contribution in [3.63, 3.8) is 0 Å². The lowest BCUT2D eigenvalue weighted by Gasteiger charge is -2.33. The van der Waals surface area contributed by atoms with Gasteiger partial charge in [0.2, 0.25) is 11.8 Å². The van der Waals surface area contributed by atoms with Crippen LogP contribution in [0.25, 0.3) is 0 Å². The lowest BCUT2D eigenvalue weighted by atomic mass is 10.0. The summed E-state index contributed by atoms with van der Waals surface area (Å²) < 4.78 is 26.5. The molecule has 9 heteroatoms. The second-order valence-electron chi connectivity index (χ2n) is 10.2. The normalized spacial score (nSPS) is 15.4. The summed E-state index contributed by atoms with van der Waals surface area (Å²) in [4.78, 5) is 40.7. The fraction of sp³-hybridized carbons (Fsp3) is 0.444. The van der Waals surface area contributed by atoms with Gasteiger partial charge in [0.1, 0.15) is 10.9 Å². The largest absolute Gasteiger partial charge is 0.350 e. The van der Waals surface area contributed by atoms with E-state index in [4.69, 9.17) is 0 Å². The maximum atomic E-state index is 13.4. The molecule has 0 spiro atoms. The second kappa shape index (κ2) is 10.8. The number of carbonyl (C=O) groups excluding carboxylic acids is 3. The maximum absolute atomic E-state index is 13.4. The minimum atomic E-state index is -3.93. The third-order valence-corrected chi connectivity index (χ3v) is 7.82. The molecule has 1 aliphatic heterocycles. The van der Waals surface area contributed by atoms with Crippen molar-refractivity contribution in [1.82, 2.24) is 14.5 Å². The van der Waals surface area contributed by atoms with Crippen molar-refractivity contribution in [2.45, 2.75) is 76.9 Å². The number of rotatable bonds is 9. The van der Waals surface area contributed by atoms with Gasteiger partial charge in [-0.1, -0.05) is 48.9 Å². The predicted molar refractivity (Wildman–Crippen MR) is 138 cm³/mol. The van der Waals surface area contributed by atoms with Gasteiger partial charge in [0.15, 0.2) is 0 Å². The highest BCUT2D eigenvalue weighted by Gasteiger charge is 2.40. The van der Waals surface area contributed by atoms with Crippen LogP contribution in [0.5, 0.6) is 0 Å². The molecule has 0 aliphatic carbocycles. The quantitative estimate of drug-likeness (QED) is 0.551. The van der Waals surface area contributed by atoms with Crippen LogP contribution in [0.15, 0.2) is 53.4 Å². The zero-order chi connectivity index (χ0) is 26.7. The third-order valence-electron chi connectivity index (χ3n) is 5.98. The molecule has 1 atom stereocenters. The molecule has 2 aromatic rings. The number of nitrogens with one attached hydrogen (secondary N) is 1. The van der Waals surface area contributed by atoms with Crippen LogP contribution < -0.4 is 5.32 Å². The number of aryl methyl sites for hydroxylation is 1. The topological polar surface area (TPSA) is 104 Å². The number of amides is 3. The van der Waals surface area contributed by atoms with Gasteiger partial charge in [-0.3, -0.25) is 14.4 Å². The summed E-state index contributed by atoms with van der Waals surface area (Å²) in [5.41, 5.74) is 1.64. The Balaban J connectivity index is 1.76. The van der Waals surface area contributed by atoms with Crippen molar-refractivity contribution in [3.05, 3.63) is 65.2 Å². The van der Waals surface area contributed by atoms with Gasteiger partial charge in [-0.2, -0.15) is 0 Å². The van der Waals surface area contributed by atoms with Crippen molar-refractivity contribution in [2.24, 2.45) is 0 Å². The molecule has 0 saturated heterocycles. The van der Waals surface area contributed by atoms with Crippen LogP contribution in [0.2, 0.25) is 0 Å². The first-order chi connectivity index (χ1) is 16.8. The van der Waals surface area contributed by atoms with Crippen LogP contribution >= 0.6 is 0 Å². The zero-order valence-electron chi connectivity index (χ0n) is 21.6. The van der Waals surface area contributed by atoms with Crippen LogP contribution in [0.3, 0.4) is 0 Å². The molecule has 0 radical (unpaired) electrons. The first-order valence-corrected chi connectivity index (χ1v) is 13.6. The smallest absolute Gasteiger partial charge is 0.269 e. The Bertz CT molecular complexity index is 1250. The van der Waals surface area contributed by atoms with E-state index in [-0.39, 0.29) is 48.2 Å². The van der Waals surface area contributed by atoms with E-state index in [0.717, 1.165) is 15.4 Å². The summed E-state index contributed by atoms with van der Waals surface area (Å²) in [6.45, 7) is 9.62. The fourth-order valence-electron chi connectivity index (χ4n) is 4.35. The minimum Gasteiger partial charge on any atom is -0.350 e. The van der Waals surface area contributed by atoms with Gasteiger partial charge in [0.05, 0.1) is 5.56 Å². The Morgan fingerprint density at radius 2 is 1.78 bits per heavy atom. The average molecular weight is 514 g/mol. The molecule has 36 heavy (non-hydrogen) atoms. The van der Waals surface area contributed by atoms with E-state index < -0.39 is 27.5 Å². The predicted octanol–water partition coefficient (Wildman–Crippen LogP) is 3.64. The second-order valence-corrected chi connectivity index (χ2v) is 12.0. The molecular formula is C27H35N3O5S. The molecule has 1 heterocycles. The summed E-state index contributed by atoms with van der Waals surface area (Å²) in [6.07, 6.45) is 0.577. The molecule has 0 aromatic heterocycles. The van der Waals surface area contributed by atoms with Gasteiger partial charge in [-0.25, -0.2) is 12.7 Å². The van der Waals surface area contributed by atoms with E-state index in [2.05, 4.69) is 5.32 Å². The van der Waals surface area contributed by atoms with Crippen LogP contribution in [0, 0.1) is 6.92 Å². The minimum absolute atomic E-state index is 0.000753. The van der Waals surface area contributed by atoms with E-state index in [1.807, 2.05) is 58.9 Å². The van der Waals surface area contributed by atoms with Gasteiger partial charge < -0.3 is 10.2 Å². The fourth-order valence-corrected chi connectivity index (χ4v) is 5.96. The summed E-state index contributed by atoms with van der Waals surface area (Å²) in [6, 6.07) is 13.2. The summed E-state index contributed by atoms with van der Waals surface area (Å²) in [7, 11) is -3.93. The Kier molecular flexibility index (Phi) is 8.23. The third kappa shape index (κ3) is 6.13. The standard InChI is InChI=1S/C27H35N3O5S/c1-6-22(25(32)28-27(3,4)5)29(18-20-12-9-11-19(2)17-20)24(31)15-10-16-30-26(33)21-13-7-8-14-23(21)36(30,34)35/h7-9,11-14,17,22H,6,10,15-16,18H2,1-5H3,(H,28,32)/t22-/m1/s1. The summed E-state index contributed by atoms with van der Waals surface area (Å²) >= 11 is 0. The number of nitrogens with zero attached hydrogens (tertiary/aromatic N) is 2. The molecule has 8 nitrogen and oxygen atoms in total.